The summed E-state index contributed by atoms with van der Waals surface area (Å²) in [5.41, 5.74) is 0. The summed E-state index contributed by atoms with van der Waals surface area (Å²) in [7, 11) is 0. The summed E-state index contributed by atoms with van der Waals surface area (Å²) in [4.78, 5) is 0. The monoisotopic (exact) mass is 172 g/mol. The molecule has 1 aromatic carbocycles. The molecule has 0 bridgehead atoms. The highest BCUT2D eigenvalue weighted by molar-refractivity contribution is 7.80. The first-order valence-corrected chi connectivity index (χ1v) is 3.95. The van der Waals surface area contributed by atoms with Crippen molar-refractivity contribution in [3.8, 4) is 5.75 Å². The maximum Gasteiger partial charge on any atom is 0.123 e. The lowest BCUT2D eigenvalue weighted by atomic mass is 10.3. The van der Waals surface area contributed by atoms with E-state index in [4.69, 9.17) is 4.74 Å². The van der Waals surface area contributed by atoms with Crippen LogP contribution in [-0.2, 0) is 0 Å². The van der Waals surface area contributed by atoms with E-state index in [-0.39, 0.29) is 5.82 Å². The van der Waals surface area contributed by atoms with Crippen LogP contribution in [0.4, 0.5) is 4.39 Å². The van der Waals surface area contributed by atoms with E-state index in [0.29, 0.717) is 18.1 Å². The summed E-state index contributed by atoms with van der Waals surface area (Å²) in [5.74, 6) is 1.10. The van der Waals surface area contributed by atoms with Crippen LogP contribution in [0.25, 0.3) is 0 Å². The van der Waals surface area contributed by atoms with Crippen molar-refractivity contribution in [2.75, 3.05) is 12.4 Å². The van der Waals surface area contributed by atoms with Crippen LogP contribution in [0.15, 0.2) is 24.3 Å². The number of hydrogen-bond donors (Lipinski definition) is 1. The zero-order valence-electron chi connectivity index (χ0n) is 5.96. The average molecular weight is 172 g/mol. The molecule has 0 aliphatic rings. The SMILES string of the molecule is Fc1ccc(OCCS)cc1. The lowest BCUT2D eigenvalue weighted by Crippen LogP contribution is -1.97. The van der Waals surface area contributed by atoms with E-state index in [1.165, 1.54) is 12.1 Å². The molecule has 1 aromatic rings. The van der Waals surface area contributed by atoms with E-state index >= 15 is 0 Å². The Labute approximate surface area is 70.6 Å². The summed E-state index contributed by atoms with van der Waals surface area (Å²) in [6, 6.07) is 5.93. The first-order chi connectivity index (χ1) is 5.33. The van der Waals surface area contributed by atoms with E-state index in [0.717, 1.165) is 0 Å². The van der Waals surface area contributed by atoms with Gasteiger partial charge in [-0.1, -0.05) is 0 Å². The Morgan fingerprint density at radius 2 is 1.91 bits per heavy atom. The van der Waals surface area contributed by atoms with Crippen molar-refractivity contribution in [1.29, 1.82) is 0 Å². The second kappa shape index (κ2) is 4.23. The smallest absolute Gasteiger partial charge is 0.123 e. The molecule has 1 nitrogen and oxygen atoms in total. The molecule has 3 heteroatoms. The quantitative estimate of drug-likeness (QED) is 0.687. The average Bonchev–Trinajstić information content (AvgIpc) is 2.04. The summed E-state index contributed by atoms with van der Waals surface area (Å²) < 4.78 is 17.5. The second-order valence-corrected chi connectivity index (χ2v) is 2.47. The van der Waals surface area contributed by atoms with E-state index in [1.807, 2.05) is 0 Å². The topological polar surface area (TPSA) is 9.23 Å². The van der Waals surface area contributed by atoms with Gasteiger partial charge in [0.2, 0.25) is 0 Å². The van der Waals surface area contributed by atoms with Gasteiger partial charge in [0.1, 0.15) is 11.6 Å². The molecule has 0 amide bonds. The largest absolute Gasteiger partial charge is 0.493 e. The molecule has 0 heterocycles. The molecule has 0 spiro atoms. The normalized spacial score (nSPS) is 9.64. The molecular weight excluding hydrogens is 163 g/mol. The van der Waals surface area contributed by atoms with Crippen LogP contribution < -0.4 is 4.74 Å². The van der Waals surface area contributed by atoms with Crippen molar-refractivity contribution in [1.82, 2.24) is 0 Å². The fourth-order valence-corrected chi connectivity index (χ4v) is 0.786. The Hall–Kier alpha value is -0.700. The third-order valence-corrected chi connectivity index (χ3v) is 1.36. The molecule has 60 valence electrons. The number of rotatable bonds is 3. The van der Waals surface area contributed by atoms with Gasteiger partial charge in [-0.15, -0.1) is 0 Å². The Kier molecular flexibility index (Phi) is 3.23. The second-order valence-electron chi connectivity index (χ2n) is 2.03. The Bertz CT molecular complexity index is 210. The third-order valence-electron chi connectivity index (χ3n) is 1.17. The van der Waals surface area contributed by atoms with Gasteiger partial charge in [-0.25, -0.2) is 4.39 Å². The van der Waals surface area contributed by atoms with Gasteiger partial charge in [0.15, 0.2) is 0 Å². The minimum Gasteiger partial charge on any atom is -0.493 e. The highest BCUT2D eigenvalue weighted by Gasteiger charge is 1.91. The number of halogens is 1. The van der Waals surface area contributed by atoms with Gasteiger partial charge in [-0.05, 0) is 24.3 Å². The maximum absolute atomic E-state index is 12.3. The minimum absolute atomic E-state index is 0.247. The molecule has 11 heavy (non-hydrogen) atoms. The van der Waals surface area contributed by atoms with Gasteiger partial charge in [-0.2, -0.15) is 12.6 Å². The number of hydrogen-bond acceptors (Lipinski definition) is 2. The Morgan fingerprint density at radius 1 is 1.27 bits per heavy atom. The molecule has 0 aromatic heterocycles. The van der Waals surface area contributed by atoms with Crippen LogP contribution in [0.2, 0.25) is 0 Å². The standard InChI is InChI=1S/C8H9FOS/c9-7-1-3-8(4-2-7)10-5-6-11/h1-4,11H,5-6H2. The highest BCUT2D eigenvalue weighted by atomic mass is 32.1. The van der Waals surface area contributed by atoms with Crippen molar-refractivity contribution in [2.45, 2.75) is 0 Å². The van der Waals surface area contributed by atoms with Crippen LogP contribution in [0.5, 0.6) is 5.75 Å². The molecule has 0 N–H and O–H groups in total. The van der Waals surface area contributed by atoms with Crippen molar-refractivity contribution in [3.05, 3.63) is 30.1 Å². The number of thiol groups is 1. The van der Waals surface area contributed by atoms with E-state index in [2.05, 4.69) is 12.6 Å². The van der Waals surface area contributed by atoms with Gasteiger partial charge >= 0.3 is 0 Å². The maximum atomic E-state index is 12.3. The van der Waals surface area contributed by atoms with Crippen molar-refractivity contribution >= 4 is 12.6 Å². The first kappa shape index (κ1) is 8.40. The summed E-state index contributed by atoms with van der Waals surface area (Å²) in [6.07, 6.45) is 0. The van der Waals surface area contributed by atoms with E-state index in [1.54, 1.807) is 12.1 Å². The van der Waals surface area contributed by atoms with Gasteiger partial charge in [0.25, 0.3) is 0 Å². The highest BCUT2D eigenvalue weighted by Crippen LogP contribution is 2.10. The molecule has 0 fully saturated rings. The van der Waals surface area contributed by atoms with E-state index in [9.17, 15) is 4.39 Å². The lowest BCUT2D eigenvalue weighted by molar-refractivity contribution is 0.343. The summed E-state index contributed by atoms with van der Waals surface area (Å²) >= 11 is 3.97. The van der Waals surface area contributed by atoms with Gasteiger partial charge in [0, 0.05) is 5.75 Å². The van der Waals surface area contributed by atoms with Crippen LogP contribution >= 0.6 is 12.6 Å². The van der Waals surface area contributed by atoms with Crippen LogP contribution in [0.1, 0.15) is 0 Å². The molecule has 0 saturated heterocycles. The molecule has 0 saturated carbocycles. The molecule has 0 aliphatic heterocycles. The van der Waals surface area contributed by atoms with Crippen LogP contribution in [-0.4, -0.2) is 12.4 Å². The van der Waals surface area contributed by atoms with E-state index < -0.39 is 0 Å². The predicted octanol–water partition coefficient (Wildman–Crippen LogP) is 2.13. The molecule has 0 aliphatic carbocycles. The zero-order valence-corrected chi connectivity index (χ0v) is 6.85. The van der Waals surface area contributed by atoms with Gasteiger partial charge in [-0.3, -0.25) is 0 Å². The first-order valence-electron chi connectivity index (χ1n) is 3.32. The fourth-order valence-electron chi connectivity index (χ4n) is 0.694. The predicted molar refractivity (Wildman–Crippen MR) is 45.7 cm³/mol. The fraction of sp³-hybridized carbons (Fsp3) is 0.250. The van der Waals surface area contributed by atoms with Crippen molar-refractivity contribution < 1.29 is 9.13 Å². The van der Waals surface area contributed by atoms with Gasteiger partial charge < -0.3 is 4.74 Å². The van der Waals surface area contributed by atoms with Gasteiger partial charge in [0.05, 0.1) is 6.61 Å². The van der Waals surface area contributed by atoms with Crippen LogP contribution in [0, 0.1) is 5.82 Å². The number of benzene rings is 1. The van der Waals surface area contributed by atoms with Crippen molar-refractivity contribution in [3.63, 3.8) is 0 Å². The molecular formula is C8H9FOS. The lowest BCUT2D eigenvalue weighted by Gasteiger charge is -2.02. The zero-order chi connectivity index (χ0) is 8.10. The molecule has 0 atom stereocenters. The molecule has 0 unspecified atom stereocenters. The minimum atomic E-state index is -0.247. The molecule has 1 rings (SSSR count). The summed E-state index contributed by atoms with van der Waals surface area (Å²) in [6.45, 7) is 0.550. The third kappa shape index (κ3) is 2.80. The van der Waals surface area contributed by atoms with Crippen LogP contribution in [0.3, 0.4) is 0 Å². The molecule has 0 radical (unpaired) electrons. The Balaban J connectivity index is 2.52. The summed E-state index contributed by atoms with van der Waals surface area (Å²) in [5, 5.41) is 0. The van der Waals surface area contributed by atoms with Crippen molar-refractivity contribution in [2.24, 2.45) is 0 Å². The Morgan fingerprint density at radius 3 is 2.45 bits per heavy atom. The number of ether oxygens (including phenoxy) is 1.